The van der Waals surface area contributed by atoms with Crippen LogP contribution in [0.5, 0.6) is 0 Å². The Hall–Kier alpha value is -0.760. The van der Waals surface area contributed by atoms with E-state index in [0.717, 1.165) is 18.4 Å². The number of rotatable bonds is 5. The summed E-state index contributed by atoms with van der Waals surface area (Å²) in [5.41, 5.74) is 1.39. The lowest BCUT2D eigenvalue weighted by Crippen LogP contribution is -2.33. The van der Waals surface area contributed by atoms with Crippen LogP contribution in [0.1, 0.15) is 37.7 Å². The van der Waals surface area contributed by atoms with E-state index in [1.165, 1.54) is 31.4 Å². The standard InChI is InChI=1S/C12H19NO/c1-2-6-13-8-10-3-4-12(10)11-5-7-14-9-11/h5,7,9-10,12-13H,2-4,6,8H2,1H3. The maximum atomic E-state index is 5.12. The zero-order chi connectivity index (χ0) is 9.80. The fourth-order valence-corrected chi connectivity index (χ4v) is 2.20. The summed E-state index contributed by atoms with van der Waals surface area (Å²) in [6.07, 6.45) is 7.61. The fourth-order valence-electron chi connectivity index (χ4n) is 2.20. The fraction of sp³-hybridized carbons (Fsp3) is 0.667. The predicted octanol–water partition coefficient (Wildman–Crippen LogP) is 2.77. The van der Waals surface area contributed by atoms with Crippen molar-refractivity contribution in [2.45, 2.75) is 32.1 Å². The summed E-state index contributed by atoms with van der Waals surface area (Å²) < 4.78 is 5.12. The van der Waals surface area contributed by atoms with E-state index in [2.05, 4.69) is 18.3 Å². The smallest absolute Gasteiger partial charge is 0.0937 e. The molecule has 0 radical (unpaired) electrons. The van der Waals surface area contributed by atoms with Gasteiger partial charge in [0.2, 0.25) is 0 Å². The molecule has 1 aromatic rings. The lowest BCUT2D eigenvalue weighted by Gasteiger charge is -2.36. The van der Waals surface area contributed by atoms with Crippen molar-refractivity contribution in [2.75, 3.05) is 13.1 Å². The van der Waals surface area contributed by atoms with Crippen molar-refractivity contribution in [1.82, 2.24) is 5.32 Å². The van der Waals surface area contributed by atoms with E-state index < -0.39 is 0 Å². The Morgan fingerprint density at radius 3 is 3.00 bits per heavy atom. The molecule has 2 heteroatoms. The van der Waals surface area contributed by atoms with Gasteiger partial charge in [0.25, 0.3) is 0 Å². The van der Waals surface area contributed by atoms with Gasteiger partial charge in [0, 0.05) is 0 Å². The molecule has 1 aromatic heterocycles. The van der Waals surface area contributed by atoms with Crippen LogP contribution in [0.25, 0.3) is 0 Å². The first-order valence-corrected chi connectivity index (χ1v) is 5.64. The Labute approximate surface area is 85.7 Å². The average Bonchev–Trinajstić information content (AvgIpc) is 2.63. The van der Waals surface area contributed by atoms with Crippen molar-refractivity contribution in [3.05, 3.63) is 24.2 Å². The van der Waals surface area contributed by atoms with E-state index in [-0.39, 0.29) is 0 Å². The number of nitrogens with one attached hydrogen (secondary N) is 1. The molecule has 1 fully saturated rings. The summed E-state index contributed by atoms with van der Waals surface area (Å²) in [4.78, 5) is 0. The second-order valence-electron chi connectivity index (χ2n) is 4.20. The van der Waals surface area contributed by atoms with E-state index in [9.17, 15) is 0 Å². The van der Waals surface area contributed by atoms with Gasteiger partial charge in [0.1, 0.15) is 0 Å². The van der Waals surface area contributed by atoms with Crippen LogP contribution in [-0.2, 0) is 0 Å². The molecule has 0 spiro atoms. The molecule has 1 N–H and O–H groups in total. The molecular formula is C12H19NO. The van der Waals surface area contributed by atoms with Crippen LogP contribution in [0.15, 0.2) is 23.0 Å². The average molecular weight is 193 g/mol. The summed E-state index contributed by atoms with van der Waals surface area (Å²) in [6.45, 7) is 4.53. The predicted molar refractivity (Wildman–Crippen MR) is 57.3 cm³/mol. The SMILES string of the molecule is CCCNCC1CCC1c1ccoc1. The lowest BCUT2D eigenvalue weighted by molar-refractivity contribution is 0.245. The normalized spacial score (nSPS) is 26.1. The van der Waals surface area contributed by atoms with Crippen LogP contribution in [0.2, 0.25) is 0 Å². The molecule has 2 unspecified atom stereocenters. The molecule has 0 amide bonds. The second-order valence-corrected chi connectivity index (χ2v) is 4.20. The molecule has 14 heavy (non-hydrogen) atoms. The van der Waals surface area contributed by atoms with E-state index in [4.69, 9.17) is 4.42 Å². The first-order chi connectivity index (χ1) is 6.92. The first kappa shape index (κ1) is 9.78. The van der Waals surface area contributed by atoms with Gasteiger partial charge in [-0.3, -0.25) is 0 Å². The molecule has 0 aromatic carbocycles. The molecule has 78 valence electrons. The monoisotopic (exact) mass is 193 g/mol. The largest absolute Gasteiger partial charge is 0.472 e. The number of hydrogen-bond acceptors (Lipinski definition) is 2. The summed E-state index contributed by atoms with van der Waals surface area (Å²) >= 11 is 0. The highest BCUT2D eigenvalue weighted by molar-refractivity contribution is 5.17. The topological polar surface area (TPSA) is 25.2 Å². The molecule has 0 aliphatic heterocycles. The third-order valence-corrected chi connectivity index (χ3v) is 3.22. The van der Waals surface area contributed by atoms with Crippen LogP contribution in [0, 0.1) is 5.92 Å². The van der Waals surface area contributed by atoms with Crippen LogP contribution in [0.4, 0.5) is 0 Å². The van der Waals surface area contributed by atoms with Gasteiger partial charge in [0.05, 0.1) is 12.5 Å². The summed E-state index contributed by atoms with van der Waals surface area (Å²) in [7, 11) is 0. The van der Waals surface area contributed by atoms with Crippen molar-refractivity contribution in [3.8, 4) is 0 Å². The van der Waals surface area contributed by atoms with E-state index in [0.29, 0.717) is 0 Å². The Bertz CT molecular complexity index is 255. The van der Waals surface area contributed by atoms with Gasteiger partial charge in [0.15, 0.2) is 0 Å². The summed E-state index contributed by atoms with van der Waals surface area (Å²) in [5, 5.41) is 3.50. The van der Waals surface area contributed by atoms with E-state index >= 15 is 0 Å². The maximum Gasteiger partial charge on any atom is 0.0937 e. The van der Waals surface area contributed by atoms with Gasteiger partial charge in [-0.05, 0) is 55.8 Å². The molecule has 2 atom stereocenters. The lowest BCUT2D eigenvalue weighted by atomic mass is 9.70. The first-order valence-electron chi connectivity index (χ1n) is 5.64. The van der Waals surface area contributed by atoms with Crippen molar-refractivity contribution >= 4 is 0 Å². The molecule has 1 aliphatic rings. The Balaban J connectivity index is 1.79. The Morgan fingerprint density at radius 2 is 2.43 bits per heavy atom. The highest BCUT2D eigenvalue weighted by atomic mass is 16.3. The van der Waals surface area contributed by atoms with Gasteiger partial charge in [-0.2, -0.15) is 0 Å². The molecule has 0 saturated heterocycles. The zero-order valence-electron chi connectivity index (χ0n) is 8.83. The van der Waals surface area contributed by atoms with Gasteiger partial charge < -0.3 is 9.73 Å². The summed E-state index contributed by atoms with van der Waals surface area (Å²) in [5.74, 6) is 1.58. The van der Waals surface area contributed by atoms with Gasteiger partial charge in [-0.15, -0.1) is 0 Å². The highest BCUT2D eigenvalue weighted by Crippen LogP contribution is 2.42. The van der Waals surface area contributed by atoms with Crippen molar-refractivity contribution in [2.24, 2.45) is 5.92 Å². The maximum absolute atomic E-state index is 5.12. The molecule has 1 saturated carbocycles. The molecule has 2 rings (SSSR count). The van der Waals surface area contributed by atoms with Crippen LogP contribution < -0.4 is 5.32 Å². The van der Waals surface area contributed by atoms with Crippen LogP contribution in [-0.4, -0.2) is 13.1 Å². The Kier molecular flexibility index (Phi) is 3.25. The van der Waals surface area contributed by atoms with Crippen molar-refractivity contribution < 1.29 is 4.42 Å². The van der Waals surface area contributed by atoms with Crippen LogP contribution in [0.3, 0.4) is 0 Å². The number of furan rings is 1. The third kappa shape index (κ3) is 2.01. The van der Waals surface area contributed by atoms with E-state index in [1.807, 2.05) is 6.26 Å². The van der Waals surface area contributed by atoms with Gasteiger partial charge >= 0.3 is 0 Å². The Morgan fingerprint density at radius 1 is 1.50 bits per heavy atom. The zero-order valence-corrected chi connectivity index (χ0v) is 8.83. The van der Waals surface area contributed by atoms with E-state index in [1.54, 1.807) is 6.26 Å². The number of hydrogen-bond donors (Lipinski definition) is 1. The van der Waals surface area contributed by atoms with Gasteiger partial charge in [-0.25, -0.2) is 0 Å². The minimum atomic E-state index is 0.748. The minimum absolute atomic E-state index is 0.748. The van der Waals surface area contributed by atoms with Crippen molar-refractivity contribution in [1.29, 1.82) is 0 Å². The molecular weight excluding hydrogens is 174 g/mol. The molecule has 0 bridgehead atoms. The highest BCUT2D eigenvalue weighted by Gasteiger charge is 2.31. The van der Waals surface area contributed by atoms with Gasteiger partial charge in [-0.1, -0.05) is 6.92 Å². The quantitative estimate of drug-likeness (QED) is 0.727. The van der Waals surface area contributed by atoms with Crippen molar-refractivity contribution in [3.63, 3.8) is 0 Å². The molecule has 1 heterocycles. The third-order valence-electron chi connectivity index (χ3n) is 3.22. The summed E-state index contributed by atoms with van der Waals surface area (Å²) in [6, 6.07) is 2.11. The second kappa shape index (κ2) is 4.65. The molecule has 1 aliphatic carbocycles. The van der Waals surface area contributed by atoms with Crippen LogP contribution >= 0.6 is 0 Å². The molecule has 2 nitrogen and oxygen atoms in total. The minimum Gasteiger partial charge on any atom is -0.472 e.